The van der Waals surface area contributed by atoms with Crippen LogP contribution in [0.5, 0.6) is 0 Å². The summed E-state index contributed by atoms with van der Waals surface area (Å²) in [6, 6.07) is 76.9. The normalized spacial score (nSPS) is 13.1. The van der Waals surface area contributed by atoms with E-state index in [0.717, 1.165) is 0 Å². The third-order valence-corrected chi connectivity index (χ3v) is 13.2. The van der Waals surface area contributed by atoms with Crippen molar-refractivity contribution in [2.75, 3.05) is 0 Å². The Morgan fingerprint density at radius 3 is 1.37 bits per heavy atom. The molecule has 0 saturated heterocycles. The van der Waals surface area contributed by atoms with Crippen LogP contribution in [0.3, 0.4) is 0 Å². The summed E-state index contributed by atoms with van der Waals surface area (Å²) in [6.45, 7) is 4.79. The molecule has 1 aliphatic carbocycles. The van der Waals surface area contributed by atoms with Gasteiger partial charge >= 0.3 is 0 Å². The molecule has 0 unspecified atom stereocenters. The van der Waals surface area contributed by atoms with Crippen molar-refractivity contribution in [2.24, 2.45) is 0 Å². The van der Waals surface area contributed by atoms with Gasteiger partial charge in [-0.05, 0) is 139 Å². The van der Waals surface area contributed by atoms with E-state index in [2.05, 4.69) is 220 Å². The highest BCUT2D eigenvalue weighted by Gasteiger charge is 2.38. The van der Waals surface area contributed by atoms with Gasteiger partial charge in [-0.25, -0.2) is 0 Å². The fourth-order valence-corrected chi connectivity index (χ4v) is 10.6. The van der Waals surface area contributed by atoms with Gasteiger partial charge < -0.3 is 0 Å². The third kappa shape index (κ3) is 5.03. The molecule has 0 nitrogen and oxygen atoms in total. The van der Waals surface area contributed by atoms with Crippen molar-refractivity contribution < 1.29 is 0 Å². The van der Waals surface area contributed by atoms with Gasteiger partial charge in [0, 0.05) is 5.41 Å². The molecular weight excluding hydrogens is 709 g/mol. The molecule has 0 fully saturated rings. The smallest absolute Gasteiger partial charge is 0.0165 e. The molecule has 11 aromatic rings. The second-order valence-corrected chi connectivity index (χ2v) is 16.8. The number of fused-ring (bicyclic) bond motifs is 10. The summed E-state index contributed by atoms with van der Waals surface area (Å²) < 4.78 is 0. The molecule has 0 radical (unpaired) electrons. The molecular formula is C59H40. The first-order chi connectivity index (χ1) is 29.0. The summed E-state index contributed by atoms with van der Waals surface area (Å²) in [5.74, 6) is 0. The van der Waals surface area contributed by atoms with Gasteiger partial charge in [-0.3, -0.25) is 0 Å². The molecule has 276 valence electrons. The van der Waals surface area contributed by atoms with Crippen molar-refractivity contribution in [3.05, 3.63) is 217 Å². The third-order valence-electron chi connectivity index (χ3n) is 13.2. The van der Waals surface area contributed by atoms with E-state index in [1.54, 1.807) is 0 Å². The summed E-state index contributed by atoms with van der Waals surface area (Å²) in [5.41, 5.74) is 15.4. The average molecular weight is 749 g/mol. The number of benzene rings is 11. The first-order valence-corrected chi connectivity index (χ1v) is 20.8. The van der Waals surface area contributed by atoms with Crippen molar-refractivity contribution in [3.63, 3.8) is 0 Å². The number of hydrogen-bond acceptors (Lipinski definition) is 0. The molecule has 12 rings (SSSR count). The van der Waals surface area contributed by atoms with Gasteiger partial charge in [0.1, 0.15) is 0 Å². The average Bonchev–Trinajstić information content (AvgIpc) is 3.54. The highest BCUT2D eigenvalue weighted by atomic mass is 14.4. The SMILES string of the molecule is CC1(C)c2cccc(-c3cccc(-c4c5ccccc5c(-c5cccc(-c6cc7ccccc7c7ccccc67)c5)c5ccccc45)c3)c2-c2ccc3ccccc3c21. The first-order valence-electron chi connectivity index (χ1n) is 20.8. The highest BCUT2D eigenvalue weighted by Crippen LogP contribution is 2.55. The molecule has 11 aromatic carbocycles. The minimum Gasteiger partial charge on any atom is -0.0616 e. The van der Waals surface area contributed by atoms with Crippen LogP contribution in [0.25, 0.3) is 109 Å². The summed E-state index contributed by atoms with van der Waals surface area (Å²) >= 11 is 0. The Kier molecular flexibility index (Phi) is 7.38. The monoisotopic (exact) mass is 748 g/mol. The van der Waals surface area contributed by atoms with Crippen molar-refractivity contribution in [2.45, 2.75) is 19.3 Å². The quantitative estimate of drug-likeness (QED) is 0.124. The Labute approximate surface area is 344 Å². The minimum atomic E-state index is -0.111. The van der Waals surface area contributed by atoms with Gasteiger partial charge in [0.25, 0.3) is 0 Å². The molecule has 0 spiro atoms. The lowest BCUT2D eigenvalue weighted by Crippen LogP contribution is -2.15. The predicted molar refractivity (Wildman–Crippen MR) is 253 cm³/mol. The fourth-order valence-electron chi connectivity index (χ4n) is 10.6. The maximum absolute atomic E-state index is 2.43. The van der Waals surface area contributed by atoms with Gasteiger partial charge in [0.2, 0.25) is 0 Å². The van der Waals surface area contributed by atoms with Gasteiger partial charge in [-0.2, -0.15) is 0 Å². The van der Waals surface area contributed by atoms with Gasteiger partial charge in [-0.1, -0.05) is 202 Å². The minimum absolute atomic E-state index is 0.111. The number of rotatable bonds is 4. The van der Waals surface area contributed by atoms with Crippen molar-refractivity contribution in [1.82, 2.24) is 0 Å². The molecule has 0 aliphatic heterocycles. The van der Waals surface area contributed by atoms with Crippen LogP contribution in [0.2, 0.25) is 0 Å². The molecule has 0 N–H and O–H groups in total. The van der Waals surface area contributed by atoms with Crippen LogP contribution in [-0.4, -0.2) is 0 Å². The standard InChI is InChI=1S/C59H40/c1-59(2)54-31-15-30-44(57(54)52-33-32-37-16-3-6-23-45(37)58(52)59)38-18-13-20-41(34-38)55-48-26-9-11-28-50(48)56(51-29-12-10-27-49(51)55)42-21-14-19-39(35-42)53-36-40-17-4-5-22-43(40)46-24-7-8-25-47(46)53/h3-36H,1-2H3. The van der Waals surface area contributed by atoms with E-state index in [1.165, 1.54) is 121 Å². The van der Waals surface area contributed by atoms with Gasteiger partial charge in [0.05, 0.1) is 0 Å². The molecule has 59 heavy (non-hydrogen) atoms. The Balaban J connectivity index is 1.05. The maximum Gasteiger partial charge on any atom is 0.0165 e. The van der Waals surface area contributed by atoms with E-state index < -0.39 is 0 Å². The Morgan fingerprint density at radius 2 is 0.746 bits per heavy atom. The summed E-state index contributed by atoms with van der Waals surface area (Å²) in [5, 5.41) is 12.8. The first kappa shape index (κ1) is 33.8. The molecule has 0 heterocycles. The second-order valence-electron chi connectivity index (χ2n) is 16.8. The van der Waals surface area contributed by atoms with Crippen molar-refractivity contribution in [3.8, 4) is 55.6 Å². The molecule has 0 saturated carbocycles. The summed E-state index contributed by atoms with van der Waals surface area (Å²) in [7, 11) is 0. The van der Waals surface area contributed by atoms with Crippen LogP contribution < -0.4 is 0 Å². The Bertz CT molecular complexity index is 3470. The topological polar surface area (TPSA) is 0 Å². The van der Waals surface area contributed by atoms with E-state index in [1.807, 2.05) is 0 Å². The zero-order valence-electron chi connectivity index (χ0n) is 33.1. The van der Waals surface area contributed by atoms with Crippen LogP contribution in [0.15, 0.2) is 206 Å². The van der Waals surface area contributed by atoms with Gasteiger partial charge in [-0.15, -0.1) is 0 Å². The van der Waals surface area contributed by atoms with E-state index in [4.69, 9.17) is 0 Å². The van der Waals surface area contributed by atoms with Gasteiger partial charge in [0.15, 0.2) is 0 Å². The summed E-state index contributed by atoms with van der Waals surface area (Å²) in [4.78, 5) is 0. The van der Waals surface area contributed by atoms with Crippen LogP contribution >= 0.6 is 0 Å². The lowest BCUT2D eigenvalue weighted by molar-refractivity contribution is 0.666. The van der Waals surface area contributed by atoms with Crippen molar-refractivity contribution in [1.29, 1.82) is 0 Å². The van der Waals surface area contributed by atoms with Crippen LogP contribution in [0.4, 0.5) is 0 Å². The molecule has 0 aromatic heterocycles. The van der Waals surface area contributed by atoms with Crippen molar-refractivity contribution >= 4 is 53.9 Å². The molecule has 0 heteroatoms. The summed E-state index contributed by atoms with van der Waals surface area (Å²) in [6.07, 6.45) is 0. The van der Waals surface area contributed by atoms with Crippen LogP contribution in [-0.2, 0) is 5.41 Å². The molecule has 1 aliphatic rings. The lowest BCUT2D eigenvalue weighted by atomic mass is 9.80. The zero-order valence-corrected chi connectivity index (χ0v) is 33.1. The second kappa shape index (κ2) is 12.9. The van der Waals surface area contributed by atoms with E-state index >= 15 is 0 Å². The van der Waals surface area contributed by atoms with Crippen LogP contribution in [0.1, 0.15) is 25.0 Å². The maximum atomic E-state index is 2.43. The number of hydrogen-bond donors (Lipinski definition) is 0. The highest BCUT2D eigenvalue weighted by molar-refractivity contribution is 6.22. The van der Waals surface area contributed by atoms with E-state index in [9.17, 15) is 0 Å². The Hall–Kier alpha value is -7.28. The molecule has 0 amide bonds. The van der Waals surface area contributed by atoms with E-state index in [-0.39, 0.29) is 5.41 Å². The largest absolute Gasteiger partial charge is 0.0616 e. The molecule has 0 atom stereocenters. The predicted octanol–water partition coefficient (Wildman–Crippen LogP) is 16.4. The van der Waals surface area contributed by atoms with E-state index in [0.29, 0.717) is 0 Å². The Morgan fingerprint density at radius 1 is 0.271 bits per heavy atom. The fraction of sp³-hybridized carbons (Fsp3) is 0.0508. The lowest BCUT2D eigenvalue weighted by Gasteiger charge is -2.23. The zero-order chi connectivity index (χ0) is 39.2. The van der Waals surface area contributed by atoms with Crippen LogP contribution in [0, 0.1) is 0 Å². The molecule has 0 bridgehead atoms.